The van der Waals surface area contributed by atoms with Crippen molar-refractivity contribution in [3.63, 3.8) is 0 Å². The topological polar surface area (TPSA) is 53.4 Å². The van der Waals surface area contributed by atoms with Gasteiger partial charge in [-0.25, -0.2) is 4.98 Å². The van der Waals surface area contributed by atoms with Crippen molar-refractivity contribution in [2.75, 3.05) is 13.7 Å². The first kappa shape index (κ1) is 14.7. The van der Waals surface area contributed by atoms with Crippen LogP contribution in [0.1, 0.15) is 44.6 Å². The predicted molar refractivity (Wildman–Crippen MR) is 88.0 cm³/mol. The third-order valence-electron chi connectivity index (χ3n) is 5.34. The molecule has 1 aromatic carbocycles. The van der Waals surface area contributed by atoms with E-state index in [2.05, 4.69) is 4.98 Å². The highest BCUT2D eigenvalue weighted by Gasteiger charge is 2.42. The van der Waals surface area contributed by atoms with E-state index in [1.54, 1.807) is 18.0 Å². The molecule has 1 saturated heterocycles. The lowest BCUT2D eigenvalue weighted by Crippen LogP contribution is -2.31. The van der Waals surface area contributed by atoms with E-state index in [0.717, 1.165) is 19.3 Å². The van der Waals surface area contributed by atoms with Gasteiger partial charge in [-0.3, -0.25) is 9.36 Å². The van der Waals surface area contributed by atoms with Crippen molar-refractivity contribution in [2.45, 2.75) is 50.2 Å². The number of benzene rings is 1. The van der Waals surface area contributed by atoms with Crippen LogP contribution in [0.4, 0.5) is 0 Å². The first-order valence-electron chi connectivity index (χ1n) is 8.40. The summed E-state index contributed by atoms with van der Waals surface area (Å²) in [4.78, 5) is 17.3. The van der Waals surface area contributed by atoms with E-state index in [9.17, 15) is 4.79 Å². The maximum Gasteiger partial charge on any atom is 0.261 e. The molecule has 5 nitrogen and oxygen atoms in total. The van der Waals surface area contributed by atoms with Crippen LogP contribution in [0.25, 0.3) is 10.9 Å². The fourth-order valence-electron chi connectivity index (χ4n) is 4.11. The van der Waals surface area contributed by atoms with Gasteiger partial charge >= 0.3 is 0 Å². The molecule has 2 heterocycles. The zero-order chi connectivity index (χ0) is 15.9. The Balaban J connectivity index is 1.70. The average Bonchev–Trinajstić information content (AvgIpc) is 2.98. The lowest BCUT2D eigenvalue weighted by molar-refractivity contribution is -0.0248. The molecule has 0 unspecified atom stereocenters. The fourth-order valence-corrected chi connectivity index (χ4v) is 4.11. The van der Waals surface area contributed by atoms with Crippen LogP contribution in [0.3, 0.4) is 0 Å². The van der Waals surface area contributed by atoms with Crippen LogP contribution in [0.5, 0.6) is 5.75 Å². The molecule has 1 aliphatic heterocycles. The summed E-state index contributed by atoms with van der Waals surface area (Å²) in [6, 6.07) is 5.57. The van der Waals surface area contributed by atoms with Gasteiger partial charge in [0.25, 0.3) is 5.56 Å². The number of aromatic nitrogens is 2. The second-order valence-corrected chi connectivity index (χ2v) is 6.73. The molecule has 2 aromatic rings. The van der Waals surface area contributed by atoms with Gasteiger partial charge in [0.05, 0.1) is 37.1 Å². The van der Waals surface area contributed by atoms with Gasteiger partial charge in [-0.1, -0.05) is 25.3 Å². The number of hydrogen-bond donors (Lipinski definition) is 0. The molecular weight excluding hydrogens is 292 g/mol. The van der Waals surface area contributed by atoms with Gasteiger partial charge in [0, 0.05) is 0 Å². The standard InChI is InChI=1S/C18H22N2O3/c1-22-15-7-5-6-14-16(15)19-12-20(17(14)21)13-10-18(23-11-13)8-3-2-4-9-18/h5-7,12-13H,2-4,8-11H2,1H3/t13-/m0/s1. The third kappa shape index (κ3) is 2.43. The number of fused-ring (bicyclic) bond motifs is 1. The highest BCUT2D eigenvalue weighted by atomic mass is 16.5. The Morgan fingerprint density at radius 3 is 2.91 bits per heavy atom. The van der Waals surface area contributed by atoms with E-state index in [-0.39, 0.29) is 17.2 Å². The predicted octanol–water partition coefficient (Wildman–Crippen LogP) is 3.07. The van der Waals surface area contributed by atoms with E-state index >= 15 is 0 Å². The molecule has 122 valence electrons. The molecule has 0 amide bonds. The molecule has 4 rings (SSSR count). The molecule has 0 radical (unpaired) electrons. The van der Waals surface area contributed by atoms with Gasteiger partial charge in [0.1, 0.15) is 11.3 Å². The second-order valence-electron chi connectivity index (χ2n) is 6.73. The van der Waals surface area contributed by atoms with Crippen molar-refractivity contribution in [3.8, 4) is 5.75 Å². The molecule has 0 bridgehead atoms. The number of nitrogens with zero attached hydrogens (tertiary/aromatic N) is 2. The Morgan fingerprint density at radius 2 is 2.13 bits per heavy atom. The van der Waals surface area contributed by atoms with Crippen LogP contribution in [0.2, 0.25) is 0 Å². The Morgan fingerprint density at radius 1 is 1.30 bits per heavy atom. The molecular formula is C18H22N2O3. The molecule has 1 aromatic heterocycles. The van der Waals surface area contributed by atoms with E-state index in [4.69, 9.17) is 9.47 Å². The minimum absolute atomic E-state index is 0.00430. The summed E-state index contributed by atoms with van der Waals surface area (Å²) < 4.78 is 13.2. The summed E-state index contributed by atoms with van der Waals surface area (Å²) in [6.07, 6.45) is 8.57. The van der Waals surface area contributed by atoms with E-state index in [0.29, 0.717) is 23.3 Å². The zero-order valence-electron chi connectivity index (χ0n) is 13.5. The molecule has 1 saturated carbocycles. The Labute approximate surface area is 135 Å². The van der Waals surface area contributed by atoms with Gasteiger partial charge in [0.15, 0.2) is 0 Å². The Kier molecular flexibility index (Phi) is 3.60. The molecule has 23 heavy (non-hydrogen) atoms. The highest BCUT2D eigenvalue weighted by Crippen LogP contribution is 2.43. The number of rotatable bonds is 2. The summed E-state index contributed by atoms with van der Waals surface area (Å²) >= 11 is 0. The van der Waals surface area contributed by atoms with Crippen molar-refractivity contribution in [1.29, 1.82) is 0 Å². The third-order valence-corrected chi connectivity index (χ3v) is 5.34. The van der Waals surface area contributed by atoms with Crippen molar-refractivity contribution < 1.29 is 9.47 Å². The van der Waals surface area contributed by atoms with Crippen LogP contribution in [-0.2, 0) is 4.74 Å². The summed E-state index contributed by atoms with van der Waals surface area (Å²) in [5.41, 5.74) is 0.615. The molecule has 2 fully saturated rings. The monoisotopic (exact) mass is 314 g/mol. The largest absolute Gasteiger partial charge is 0.494 e. The summed E-state index contributed by atoms with van der Waals surface area (Å²) in [7, 11) is 1.60. The SMILES string of the molecule is COc1cccc2c(=O)n([C@@H]3COC4(CCCCC4)C3)cnc12. The lowest BCUT2D eigenvalue weighted by atomic mass is 9.82. The summed E-state index contributed by atoms with van der Waals surface area (Å²) in [5.74, 6) is 0.637. The molecule has 1 spiro atoms. The minimum atomic E-state index is -0.00824. The Hall–Kier alpha value is -1.88. The lowest BCUT2D eigenvalue weighted by Gasteiger charge is -2.32. The van der Waals surface area contributed by atoms with Gasteiger partial charge in [-0.2, -0.15) is 0 Å². The number of methoxy groups -OCH3 is 1. The maximum absolute atomic E-state index is 12.9. The van der Waals surface area contributed by atoms with Crippen LogP contribution in [0.15, 0.2) is 29.3 Å². The number of hydrogen-bond acceptors (Lipinski definition) is 4. The van der Waals surface area contributed by atoms with Crippen LogP contribution in [0, 0.1) is 0 Å². The van der Waals surface area contributed by atoms with Crippen molar-refractivity contribution in [2.24, 2.45) is 0 Å². The van der Waals surface area contributed by atoms with Crippen LogP contribution in [-0.4, -0.2) is 28.9 Å². The number of para-hydroxylation sites is 1. The Bertz CT molecular complexity index is 777. The highest BCUT2D eigenvalue weighted by molar-refractivity contribution is 5.83. The summed E-state index contributed by atoms with van der Waals surface area (Å²) in [6.45, 7) is 0.608. The number of ether oxygens (including phenoxy) is 2. The first-order valence-corrected chi connectivity index (χ1v) is 8.40. The van der Waals surface area contributed by atoms with E-state index in [1.165, 1.54) is 19.3 Å². The van der Waals surface area contributed by atoms with Crippen LogP contribution >= 0.6 is 0 Å². The smallest absolute Gasteiger partial charge is 0.261 e. The molecule has 2 aliphatic rings. The molecule has 0 N–H and O–H groups in total. The van der Waals surface area contributed by atoms with Gasteiger partial charge in [-0.05, 0) is 31.4 Å². The first-order chi connectivity index (χ1) is 11.2. The quantitative estimate of drug-likeness (QED) is 0.855. The van der Waals surface area contributed by atoms with E-state index in [1.807, 2.05) is 18.2 Å². The van der Waals surface area contributed by atoms with Gasteiger partial charge < -0.3 is 9.47 Å². The van der Waals surface area contributed by atoms with Crippen molar-refractivity contribution in [3.05, 3.63) is 34.9 Å². The van der Waals surface area contributed by atoms with Crippen molar-refractivity contribution in [1.82, 2.24) is 9.55 Å². The zero-order valence-corrected chi connectivity index (χ0v) is 13.5. The van der Waals surface area contributed by atoms with Gasteiger partial charge in [0.2, 0.25) is 0 Å². The average molecular weight is 314 g/mol. The fraction of sp³-hybridized carbons (Fsp3) is 0.556. The van der Waals surface area contributed by atoms with Gasteiger partial charge in [-0.15, -0.1) is 0 Å². The molecule has 1 atom stereocenters. The minimum Gasteiger partial charge on any atom is -0.494 e. The van der Waals surface area contributed by atoms with E-state index < -0.39 is 0 Å². The summed E-state index contributed by atoms with van der Waals surface area (Å²) in [5, 5.41) is 0.608. The molecule has 1 aliphatic carbocycles. The second kappa shape index (κ2) is 5.64. The molecule has 5 heteroatoms. The van der Waals surface area contributed by atoms with Crippen LogP contribution < -0.4 is 10.3 Å². The normalized spacial score (nSPS) is 23.4. The van der Waals surface area contributed by atoms with Crippen molar-refractivity contribution >= 4 is 10.9 Å². The maximum atomic E-state index is 12.9.